The van der Waals surface area contributed by atoms with Crippen molar-refractivity contribution in [1.29, 1.82) is 0 Å². The van der Waals surface area contributed by atoms with Gasteiger partial charge in [-0.15, -0.1) is 0 Å². The van der Waals surface area contributed by atoms with E-state index in [0.717, 1.165) is 28.6 Å². The van der Waals surface area contributed by atoms with Crippen LogP contribution in [0.15, 0.2) is 36.4 Å². The largest absolute Gasteiger partial charge is 0.450 e. The Morgan fingerprint density at radius 2 is 1.86 bits per heavy atom. The van der Waals surface area contributed by atoms with Gasteiger partial charge in [-0.2, -0.15) is 0 Å². The molecule has 0 bridgehead atoms. The molecule has 2 saturated heterocycles. The number of carbonyl (C=O) groups excluding carboxylic acids is 5. The van der Waals surface area contributed by atoms with Gasteiger partial charge in [-0.25, -0.2) is 15.0 Å². The minimum Gasteiger partial charge on any atom is -0.450 e. The highest BCUT2D eigenvalue weighted by molar-refractivity contribution is 5.92. The molecule has 1 aromatic heterocycles. The number of nitrogens with two attached hydrogens (primary N) is 1. The van der Waals surface area contributed by atoms with Crippen molar-refractivity contribution in [2.24, 2.45) is 11.7 Å². The molecule has 2 aliphatic heterocycles. The smallest absolute Gasteiger partial charge is 0.410 e. The minimum absolute atomic E-state index is 0.00295. The fraction of sp³-hybridized carbons (Fsp3) is 0.556. The lowest BCUT2D eigenvalue weighted by Crippen LogP contribution is -2.61. The summed E-state index contributed by atoms with van der Waals surface area (Å²) in [5.74, 6) is -3.13. The van der Waals surface area contributed by atoms with Crippen LogP contribution in [0.5, 0.6) is 0 Å². The van der Waals surface area contributed by atoms with Gasteiger partial charge in [-0.3, -0.25) is 24.4 Å². The van der Waals surface area contributed by atoms with Gasteiger partial charge in [-0.05, 0) is 76.6 Å². The zero-order valence-corrected chi connectivity index (χ0v) is 30.0. The first-order valence-electron chi connectivity index (χ1n) is 17.1. The molecule has 4 amide bonds. The zero-order valence-electron chi connectivity index (χ0n) is 30.0. The van der Waals surface area contributed by atoms with Crippen LogP contribution in [0.1, 0.15) is 72.6 Å². The van der Waals surface area contributed by atoms with Crippen LogP contribution in [0, 0.1) is 5.92 Å². The lowest BCUT2D eigenvalue weighted by molar-refractivity contribution is -0.183. The van der Waals surface area contributed by atoms with E-state index in [4.69, 9.17) is 24.9 Å². The van der Waals surface area contributed by atoms with Gasteiger partial charge in [0.1, 0.15) is 17.7 Å². The molecule has 4 N–H and O–H groups in total. The SMILES string of the molecule is CCc1ccc2ccc(/C=C/C3(C(=O)OC(C(=O)N[C@@H](C)C(=O)N4CCC[C@@H](C(N)=O)N4)C(C)C)CN(C(=O)OC(C)(C)C)CCO3)cc2n1. The number of pyridine rings is 1. The van der Waals surface area contributed by atoms with Crippen molar-refractivity contribution in [3.63, 3.8) is 0 Å². The molecule has 4 rings (SSSR count). The summed E-state index contributed by atoms with van der Waals surface area (Å²) >= 11 is 0. The number of amides is 4. The van der Waals surface area contributed by atoms with Gasteiger partial charge in [0, 0.05) is 24.2 Å². The number of hydrazine groups is 1. The van der Waals surface area contributed by atoms with E-state index in [9.17, 15) is 24.0 Å². The standard InChI is InChI=1S/C36H50N6O8/c1-8-26-14-13-25-12-11-24(20-28(25)39-26)15-16-36(21-41(18-19-48-36)34(47)50-35(5,6)7)33(46)49-29(22(2)3)31(44)38-23(4)32(45)42-17-9-10-27(40-42)30(37)43/h11-16,20,22-23,27,29,40H,8-10,17-19,21H2,1-7H3,(H2,37,43)(H,38,44)/b16-15+/t23-,27-,29?,36?/m0/s1. The third-order valence-corrected chi connectivity index (χ3v) is 8.45. The number of primary amides is 1. The molecule has 2 unspecified atom stereocenters. The second-order valence-electron chi connectivity index (χ2n) is 14.1. The molecule has 0 saturated carbocycles. The molecule has 0 aliphatic carbocycles. The summed E-state index contributed by atoms with van der Waals surface area (Å²) in [6, 6.07) is 7.97. The van der Waals surface area contributed by atoms with E-state index in [-0.39, 0.29) is 19.7 Å². The van der Waals surface area contributed by atoms with E-state index in [1.54, 1.807) is 40.7 Å². The van der Waals surface area contributed by atoms with E-state index in [0.29, 0.717) is 19.4 Å². The summed E-state index contributed by atoms with van der Waals surface area (Å²) in [6.45, 7) is 12.5. The summed E-state index contributed by atoms with van der Waals surface area (Å²) in [7, 11) is 0. The van der Waals surface area contributed by atoms with Crippen molar-refractivity contribution >= 4 is 46.8 Å². The van der Waals surface area contributed by atoms with Crippen LogP contribution >= 0.6 is 0 Å². The van der Waals surface area contributed by atoms with Gasteiger partial charge in [-0.1, -0.05) is 45.0 Å². The average molecular weight is 695 g/mol. The Hall–Kier alpha value is -4.56. The van der Waals surface area contributed by atoms with Gasteiger partial charge < -0.3 is 30.2 Å². The van der Waals surface area contributed by atoms with Crippen LogP contribution < -0.4 is 16.5 Å². The summed E-state index contributed by atoms with van der Waals surface area (Å²) in [6.07, 6.45) is 3.14. The number of fused-ring (bicyclic) bond motifs is 1. The fourth-order valence-electron chi connectivity index (χ4n) is 5.68. The molecule has 2 aliphatic rings. The first kappa shape index (κ1) is 38.2. The number of rotatable bonds is 10. The number of aromatic nitrogens is 1. The second kappa shape index (κ2) is 16.0. The number of hydrogen-bond donors (Lipinski definition) is 3. The lowest BCUT2D eigenvalue weighted by Gasteiger charge is -2.40. The summed E-state index contributed by atoms with van der Waals surface area (Å²) in [5, 5.41) is 4.88. The number of benzene rings is 1. The van der Waals surface area contributed by atoms with Crippen molar-refractivity contribution < 1.29 is 38.2 Å². The van der Waals surface area contributed by atoms with Crippen molar-refractivity contribution in [1.82, 2.24) is 25.6 Å². The molecule has 14 heteroatoms. The Morgan fingerprint density at radius 1 is 1.14 bits per heavy atom. The zero-order chi connectivity index (χ0) is 36.8. The molecule has 2 fully saturated rings. The maximum Gasteiger partial charge on any atom is 0.410 e. The number of ether oxygens (including phenoxy) is 3. The van der Waals surface area contributed by atoms with Gasteiger partial charge in [0.25, 0.3) is 11.8 Å². The molecule has 0 spiro atoms. The van der Waals surface area contributed by atoms with E-state index in [1.165, 1.54) is 22.9 Å². The number of carbonyl (C=O) groups is 5. The first-order chi connectivity index (χ1) is 23.5. The molecule has 3 heterocycles. The monoisotopic (exact) mass is 694 g/mol. The van der Waals surface area contributed by atoms with Crippen LogP contribution in [-0.2, 0) is 39.8 Å². The summed E-state index contributed by atoms with van der Waals surface area (Å²) in [5.41, 5.74) is 8.12. The number of hydrogen-bond acceptors (Lipinski definition) is 10. The number of esters is 1. The number of nitrogens with one attached hydrogen (secondary N) is 2. The van der Waals surface area contributed by atoms with Crippen molar-refractivity contribution in [3.05, 3.63) is 47.7 Å². The Bertz CT molecular complexity index is 1620. The van der Waals surface area contributed by atoms with Gasteiger partial charge in [0.15, 0.2) is 6.10 Å². The maximum absolute atomic E-state index is 14.2. The Kier molecular flexibility index (Phi) is 12.2. The Morgan fingerprint density at radius 3 is 2.52 bits per heavy atom. The number of nitrogens with zero attached hydrogens (tertiary/aromatic N) is 3. The first-order valence-corrected chi connectivity index (χ1v) is 17.1. The van der Waals surface area contributed by atoms with Crippen molar-refractivity contribution in [2.45, 2.75) is 97.1 Å². The highest BCUT2D eigenvalue weighted by Crippen LogP contribution is 2.27. The average Bonchev–Trinajstić information content (AvgIpc) is 3.07. The third-order valence-electron chi connectivity index (χ3n) is 8.45. The van der Waals surface area contributed by atoms with E-state index < -0.39 is 65.1 Å². The Labute approximate surface area is 293 Å². The molecular weight excluding hydrogens is 644 g/mol. The molecule has 14 nitrogen and oxygen atoms in total. The van der Waals surface area contributed by atoms with E-state index in [1.807, 2.05) is 37.3 Å². The van der Waals surface area contributed by atoms with Crippen LogP contribution in [0.2, 0.25) is 0 Å². The number of morpholine rings is 1. The predicted molar refractivity (Wildman–Crippen MR) is 186 cm³/mol. The van der Waals surface area contributed by atoms with E-state index in [2.05, 4.69) is 10.7 Å². The third kappa shape index (κ3) is 9.57. The van der Waals surface area contributed by atoms with Crippen molar-refractivity contribution in [2.75, 3.05) is 26.2 Å². The summed E-state index contributed by atoms with van der Waals surface area (Å²) in [4.78, 5) is 71.8. The molecule has 1 aromatic carbocycles. The quantitative estimate of drug-likeness (QED) is 0.313. The molecule has 50 heavy (non-hydrogen) atoms. The van der Waals surface area contributed by atoms with Crippen LogP contribution in [-0.4, -0.2) is 100 Å². The summed E-state index contributed by atoms with van der Waals surface area (Å²) < 4.78 is 17.6. The lowest BCUT2D eigenvalue weighted by atomic mass is 9.98. The fourth-order valence-corrected chi connectivity index (χ4v) is 5.68. The highest BCUT2D eigenvalue weighted by atomic mass is 16.6. The van der Waals surface area contributed by atoms with Crippen LogP contribution in [0.25, 0.3) is 17.0 Å². The highest BCUT2D eigenvalue weighted by Gasteiger charge is 2.47. The number of aryl methyl sites for hydroxylation is 1. The second-order valence-corrected chi connectivity index (χ2v) is 14.1. The van der Waals surface area contributed by atoms with E-state index >= 15 is 0 Å². The van der Waals surface area contributed by atoms with Crippen molar-refractivity contribution in [3.8, 4) is 0 Å². The molecular formula is C36H50N6O8. The van der Waals surface area contributed by atoms with Crippen LogP contribution in [0.4, 0.5) is 4.79 Å². The maximum atomic E-state index is 14.2. The molecule has 0 radical (unpaired) electrons. The normalized spacial score (nSPS) is 21.2. The Balaban J connectivity index is 1.58. The predicted octanol–water partition coefficient (Wildman–Crippen LogP) is 2.87. The van der Waals surface area contributed by atoms with Gasteiger partial charge in [0.2, 0.25) is 11.5 Å². The minimum atomic E-state index is -1.79. The van der Waals surface area contributed by atoms with Gasteiger partial charge in [0.05, 0.1) is 18.7 Å². The topological polar surface area (TPSA) is 182 Å². The van der Waals surface area contributed by atoms with Crippen LogP contribution in [0.3, 0.4) is 0 Å². The van der Waals surface area contributed by atoms with Gasteiger partial charge >= 0.3 is 12.1 Å². The molecule has 272 valence electrons. The molecule has 2 aromatic rings. The molecule has 4 atom stereocenters.